The highest BCUT2D eigenvalue weighted by Crippen LogP contribution is 2.28. The maximum Gasteiger partial charge on any atom is 0.263 e. The minimum Gasteiger partial charge on any atom is -0.369 e. The van der Waals surface area contributed by atoms with E-state index in [0.717, 1.165) is 24.2 Å². The average molecular weight is 475 g/mol. The smallest absolute Gasteiger partial charge is 0.263 e. The van der Waals surface area contributed by atoms with Crippen LogP contribution in [-0.4, -0.2) is 63.7 Å². The number of hydrogen-bond acceptors (Lipinski definition) is 7. The monoisotopic (exact) mass is 474 g/mol. The highest BCUT2D eigenvalue weighted by Gasteiger charge is 2.28. The van der Waals surface area contributed by atoms with Crippen molar-refractivity contribution in [2.75, 3.05) is 62.5 Å². The molecule has 1 aromatic heterocycles. The first-order valence-corrected chi connectivity index (χ1v) is 12.0. The van der Waals surface area contributed by atoms with Crippen LogP contribution in [0, 0.1) is 0 Å². The predicted octanol–water partition coefficient (Wildman–Crippen LogP) is 3.51. The lowest BCUT2D eigenvalue weighted by atomic mass is 10.1. The summed E-state index contributed by atoms with van der Waals surface area (Å²) in [7, 11) is 7.69. The summed E-state index contributed by atoms with van der Waals surface area (Å²) in [6.45, 7) is 2.56. The van der Waals surface area contributed by atoms with Crippen LogP contribution in [0.15, 0.2) is 60.8 Å². The van der Waals surface area contributed by atoms with Gasteiger partial charge in [0.1, 0.15) is 11.4 Å². The van der Waals surface area contributed by atoms with Gasteiger partial charge in [0.05, 0.1) is 12.7 Å². The van der Waals surface area contributed by atoms with E-state index in [9.17, 15) is 4.79 Å². The molecule has 0 unspecified atom stereocenters. The van der Waals surface area contributed by atoms with Crippen LogP contribution in [0.1, 0.15) is 34.0 Å². The minimum atomic E-state index is -0.0936. The van der Waals surface area contributed by atoms with Crippen LogP contribution < -0.4 is 20.0 Å². The summed E-state index contributed by atoms with van der Waals surface area (Å²) >= 11 is 0. The number of carbonyl (C=O) groups excluding carboxylic acids is 1. The fourth-order valence-electron chi connectivity index (χ4n) is 4.17. The van der Waals surface area contributed by atoms with E-state index < -0.39 is 0 Å². The predicted molar refractivity (Wildman–Crippen MR) is 140 cm³/mol. The maximum atomic E-state index is 13.5. The van der Waals surface area contributed by atoms with Crippen LogP contribution in [0.4, 0.5) is 17.5 Å². The number of anilines is 3. The molecule has 0 saturated heterocycles. The Morgan fingerprint density at radius 1 is 1.11 bits per heavy atom. The van der Waals surface area contributed by atoms with Crippen molar-refractivity contribution >= 4 is 23.4 Å². The normalized spacial score (nSPS) is 14.5. The molecule has 1 aliphatic heterocycles. The lowest BCUT2D eigenvalue weighted by Crippen LogP contribution is -2.33. The minimum absolute atomic E-state index is 0.00399. The third-order valence-electron chi connectivity index (χ3n) is 6.15. The first-order chi connectivity index (χ1) is 17.0. The topological polar surface area (TPSA) is 73.8 Å². The molecule has 1 N–H and O–H groups in total. The van der Waals surface area contributed by atoms with Gasteiger partial charge >= 0.3 is 0 Å². The molecule has 1 atom stereocenters. The Morgan fingerprint density at radius 2 is 1.91 bits per heavy atom. The number of hydrogen-bond donors (Lipinski definition) is 1. The molecule has 8 heteroatoms. The summed E-state index contributed by atoms with van der Waals surface area (Å²) in [6, 6.07) is 18.3. The number of likely N-dealkylation sites (N-methyl/N-ethyl adjacent to an activating group) is 1. The van der Waals surface area contributed by atoms with E-state index in [4.69, 9.17) is 4.74 Å². The zero-order chi connectivity index (χ0) is 24.8. The van der Waals surface area contributed by atoms with Crippen molar-refractivity contribution in [3.05, 3.63) is 77.5 Å². The Balaban J connectivity index is 1.53. The molecule has 0 spiro atoms. The molecule has 2 aromatic carbocycles. The van der Waals surface area contributed by atoms with Crippen molar-refractivity contribution < 1.29 is 9.53 Å². The molecule has 1 aliphatic rings. The van der Waals surface area contributed by atoms with E-state index >= 15 is 0 Å². The number of nitrogens with zero attached hydrogens (tertiary/aromatic N) is 5. The van der Waals surface area contributed by atoms with Gasteiger partial charge in [0, 0.05) is 46.1 Å². The van der Waals surface area contributed by atoms with E-state index in [1.54, 1.807) is 11.1 Å². The molecular weight excluding hydrogens is 440 g/mol. The highest BCUT2D eigenvalue weighted by atomic mass is 16.5. The molecule has 2 heterocycles. The molecule has 0 radical (unpaired) electrons. The number of carbonyl (C=O) groups is 1. The van der Waals surface area contributed by atoms with Crippen LogP contribution >= 0.6 is 0 Å². The van der Waals surface area contributed by atoms with E-state index in [0.29, 0.717) is 37.0 Å². The zero-order valence-electron chi connectivity index (χ0n) is 20.9. The summed E-state index contributed by atoms with van der Waals surface area (Å²) in [6.07, 6.45) is 2.51. The fraction of sp³-hybridized carbons (Fsp3) is 0.370. The molecule has 0 bridgehead atoms. The first kappa shape index (κ1) is 24.6. The second-order valence-corrected chi connectivity index (χ2v) is 8.95. The van der Waals surface area contributed by atoms with Gasteiger partial charge in [0.2, 0.25) is 5.95 Å². The average Bonchev–Trinajstić information content (AvgIpc) is 3.00. The quantitative estimate of drug-likeness (QED) is 0.509. The molecule has 3 aromatic rings. The molecule has 0 aliphatic carbocycles. The van der Waals surface area contributed by atoms with E-state index in [2.05, 4.69) is 27.4 Å². The van der Waals surface area contributed by atoms with Crippen LogP contribution in [0.25, 0.3) is 0 Å². The number of rotatable bonds is 9. The van der Waals surface area contributed by atoms with Crippen molar-refractivity contribution in [2.24, 2.45) is 0 Å². The van der Waals surface area contributed by atoms with Gasteiger partial charge in [0.25, 0.3) is 5.91 Å². The summed E-state index contributed by atoms with van der Waals surface area (Å²) in [5.74, 6) is 1.15. The van der Waals surface area contributed by atoms with Gasteiger partial charge in [-0.2, -0.15) is 4.98 Å². The Morgan fingerprint density at radius 3 is 2.66 bits per heavy atom. The lowest BCUT2D eigenvalue weighted by molar-refractivity contribution is 0.0344. The van der Waals surface area contributed by atoms with Crippen molar-refractivity contribution in [1.29, 1.82) is 0 Å². The molecule has 35 heavy (non-hydrogen) atoms. The van der Waals surface area contributed by atoms with Gasteiger partial charge in [-0.15, -0.1) is 0 Å². The second-order valence-electron chi connectivity index (χ2n) is 8.95. The standard InChI is InChI=1S/C27H34N6O2/c1-28-14-13-24(21-10-6-5-7-11-21)35-19-20-9-8-12-22(17-20)33-16-15-32(4)25-23(26(33)34)18-29-27(30-25)31(2)3/h5-12,17-18,24,28H,13-16,19H2,1-4H3/t24-/m1/s1. The number of fused-ring (bicyclic) bond motifs is 1. The van der Waals surface area contributed by atoms with Gasteiger partial charge in [-0.1, -0.05) is 42.5 Å². The van der Waals surface area contributed by atoms with Crippen molar-refractivity contribution in [3.63, 3.8) is 0 Å². The Hall–Kier alpha value is -3.49. The van der Waals surface area contributed by atoms with Gasteiger partial charge in [-0.05, 0) is 43.3 Å². The zero-order valence-corrected chi connectivity index (χ0v) is 20.9. The lowest BCUT2D eigenvalue weighted by Gasteiger charge is -2.22. The van der Waals surface area contributed by atoms with Crippen LogP contribution in [-0.2, 0) is 11.3 Å². The van der Waals surface area contributed by atoms with E-state index in [-0.39, 0.29) is 12.0 Å². The van der Waals surface area contributed by atoms with Gasteiger partial charge in [0.15, 0.2) is 0 Å². The van der Waals surface area contributed by atoms with Crippen LogP contribution in [0.2, 0.25) is 0 Å². The van der Waals surface area contributed by atoms with Crippen LogP contribution in [0.5, 0.6) is 0 Å². The Labute approximate surface area is 207 Å². The molecule has 8 nitrogen and oxygen atoms in total. The van der Waals surface area contributed by atoms with Crippen LogP contribution in [0.3, 0.4) is 0 Å². The van der Waals surface area contributed by atoms with Crippen molar-refractivity contribution in [2.45, 2.75) is 19.1 Å². The third-order valence-corrected chi connectivity index (χ3v) is 6.15. The largest absolute Gasteiger partial charge is 0.369 e. The Kier molecular flexibility index (Phi) is 7.94. The highest BCUT2D eigenvalue weighted by molar-refractivity contribution is 6.09. The molecule has 4 rings (SSSR count). The van der Waals surface area contributed by atoms with Crippen molar-refractivity contribution in [3.8, 4) is 0 Å². The van der Waals surface area contributed by atoms with E-state index in [1.165, 1.54) is 5.56 Å². The maximum absolute atomic E-state index is 13.5. The number of ether oxygens (including phenoxy) is 1. The summed E-state index contributed by atoms with van der Waals surface area (Å²) in [5.41, 5.74) is 3.55. The van der Waals surface area contributed by atoms with Gasteiger partial charge in [-0.3, -0.25) is 4.79 Å². The SMILES string of the molecule is CNCC[C@@H](OCc1cccc(N2CCN(C)c3nc(N(C)C)ncc3C2=O)c1)c1ccccc1. The molecule has 1 amide bonds. The first-order valence-electron chi connectivity index (χ1n) is 12.0. The summed E-state index contributed by atoms with van der Waals surface area (Å²) in [4.78, 5) is 28.2. The molecular formula is C27H34N6O2. The van der Waals surface area contributed by atoms with Gasteiger partial charge in [-0.25, -0.2) is 4.98 Å². The second kappa shape index (κ2) is 11.3. The molecule has 184 valence electrons. The number of aromatic nitrogens is 2. The van der Waals surface area contributed by atoms with E-state index in [1.807, 2.05) is 80.5 Å². The fourth-order valence-corrected chi connectivity index (χ4v) is 4.17. The molecule has 0 saturated carbocycles. The van der Waals surface area contributed by atoms with Crippen molar-refractivity contribution in [1.82, 2.24) is 15.3 Å². The number of amides is 1. The number of benzene rings is 2. The third kappa shape index (κ3) is 5.78. The summed E-state index contributed by atoms with van der Waals surface area (Å²) in [5, 5.41) is 3.21. The number of nitrogens with one attached hydrogen (secondary N) is 1. The molecule has 0 fully saturated rings. The van der Waals surface area contributed by atoms with Gasteiger partial charge < -0.3 is 24.8 Å². The summed E-state index contributed by atoms with van der Waals surface area (Å²) < 4.78 is 6.34. The Bertz CT molecular complexity index is 1140.